The lowest BCUT2D eigenvalue weighted by Crippen LogP contribution is -2.46. The fraction of sp³-hybridized carbons (Fsp3) is 0.385. The van der Waals surface area contributed by atoms with Crippen LogP contribution in [0.2, 0.25) is 0 Å². The Hall–Kier alpha value is -1.48. The van der Waals surface area contributed by atoms with Crippen molar-refractivity contribution in [2.75, 3.05) is 13.1 Å². The summed E-state index contributed by atoms with van der Waals surface area (Å²) in [5.74, 6) is 0.0349. The normalized spacial score (nSPS) is 22.1. The number of nitrogens with one attached hydrogen (secondary N) is 1. The summed E-state index contributed by atoms with van der Waals surface area (Å²) in [5, 5.41) is 3.30. The Kier molecular flexibility index (Phi) is 2.14. The van der Waals surface area contributed by atoms with Gasteiger partial charge < -0.3 is 5.32 Å². The summed E-state index contributed by atoms with van der Waals surface area (Å²) in [4.78, 5) is 16.2. The van der Waals surface area contributed by atoms with Gasteiger partial charge in [-0.25, -0.2) is 4.99 Å². The van der Waals surface area contributed by atoms with Crippen molar-refractivity contribution in [1.29, 1.82) is 0 Å². The van der Waals surface area contributed by atoms with Gasteiger partial charge in [-0.05, 0) is 37.1 Å². The quantitative estimate of drug-likeness (QED) is 0.706. The fourth-order valence-electron chi connectivity index (χ4n) is 2.75. The number of fused-ring (bicyclic) bond motifs is 2. The first kappa shape index (κ1) is 9.73. The molecule has 2 aliphatic heterocycles. The number of benzene rings is 1. The van der Waals surface area contributed by atoms with Crippen LogP contribution in [-0.4, -0.2) is 25.2 Å². The molecule has 16 heavy (non-hydrogen) atoms. The number of amides is 1. The van der Waals surface area contributed by atoms with E-state index in [0.29, 0.717) is 0 Å². The van der Waals surface area contributed by atoms with Crippen molar-refractivity contribution in [2.24, 2.45) is 4.99 Å². The van der Waals surface area contributed by atoms with Gasteiger partial charge in [0, 0.05) is 6.21 Å². The van der Waals surface area contributed by atoms with E-state index in [1.807, 2.05) is 18.2 Å². The van der Waals surface area contributed by atoms with Crippen LogP contribution in [0.1, 0.15) is 24.0 Å². The minimum Gasteiger partial charge on any atom is -0.317 e. The van der Waals surface area contributed by atoms with Crippen LogP contribution in [0.5, 0.6) is 0 Å². The Labute approximate surface area is 94.6 Å². The van der Waals surface area contributed by atoms with Gasteiger partial charge in [0.2, 0.25) is 0 Å². The second kappa shape index (κ2) is 3.52. The van der Waals surface area contributed by atoms with E-state index in [1.165, 1.54) is 0 Å². The molecule has 3 nitrogen and oxygen atoms in total. The summed E-state index contributed by atoms with van der Waals surface area (Å²) in [6, 6.07) is 8.11. The summed E-state index contributed by atoms with van der Waals surface area (Å²) in [6.45, 7) is 1.80. The highest BCUT2D eigenvalue weighted by Crippen LogP contribution is 2.38. The number of piperidine rings is 1. The molecule has 0 atom stereocenters. The van der Waals surface area contributed by atoms with E-state index in [9.17, 15) is 4.79 Å². The lowest BCUT2D eigenvalue weighted by Gasteiger charge is -2.37. The van der Waals surface area contributed by atoms with Crippen molar-refractivity contribution < 1.29 is 4.79 Å². The van der Waals surface area contributed by atoms with Gasteiger partial charge in [0.15, 0.2) is 0 Å². The van der Waals surface area contributed by atoms with E-state index in [0.717, 1.165) is 37.1 Å². The maximum atomic E-state index is 12.1. The second-order valence-corrected chi connectivity index (χ2v) is 4.48. The molecule has 0 unspecified atom stereocenters. The topological polar surface area (TPSA) is 41.5 Å². The van der Waals surface area contributed by atoms with E-state index >= 15 is 0 Å². The highest BCUT2D eigenvalue weighted by atomic mass is 16.1. The predicted molar refractivity (Wildman–Crippen MR) is 62.8 cm³/mol. The molecule has 1 saturated heterocycles. The predicted octanol–water partition coefficient (Wildman–Crippen LogP) is 1.27. The zero-order valence-electron chi connectivity index (χ0n) is 9.07. The van der Waals surface area contributed by atoms with E-state index in [4.69, 9.17) is 0 Å². The Balaban J connectivity index is 2.16. The molecule has 1 amide bonds. The maximum Gasteiger partial charge on any atom is 0.256 e. The van der Waals surface area contributed by atoms with E-state index in [2.05, 4.69) is 16.4 Å². The molecule has 0 radical (unpaired) electrons. The Bertz CT molecular complexity index is 459. The molecule has 0 saturated carbocycles. The Morgan fingerprint density at radius 2 is 1.94 bits per heavy atom. The highest BCUT2D eigenvalue weighted by Gasteiger charge is 2.43. The van der Waals surface area contributed by atoms with Crippen molar-refractivity contribution in [3.05, 3.63) is 35.4 Å². The van der Waals surface area contributed by atoms with Crippen LogP contribution in [0.15, 0.2) is 29.3 Å². The third kappa shape index (κ3) is 1.25. The molecule has 3 rings (SSSR count). The van der Waals surface area contributed by atoms with Gasteiger partial charge in [0.1, 0.15) is 0 Å². The van der Waals surface area contributed by atoms with Crippen LogP contribution >= 0.6 is 0 Å². The Morgan fingerprint density at radius 3 is 2.75 bits per heavy atom. The van der Waals surface area contributed by atoms with Gasteiger partial charge in [-0.1, -0.05) is 24.3 Å². The number of hydrogen-bond acceptors (Lipinski definition) is 2. The summed E-state index contributed by atoms with van der Waals surface area (Å²) < 4.78 is 0. The molecule has 2 aliphatic rings. The van der Waals surface area contributed by atoms with E-state index < -0.39 is 0 Å². The zero-order valence-corrected chi connectivity index (χ0v) is 9.07. The summed E-state index contributed by atoms with van der Waals surface area (Å²) in [5.41, 5.74) is 1.91. The van der Waals surface area contributed by atoms with E-state index in [1.54, 1.807) is 6.21 Å². The number of nitrogens with zero attached hydrogens (tertiary/aromatic N) is 1. The van der Waals surface area contributed by atoms with Gasteiger partial charge in [0.25, 0.3) is 5.91 Å². The third-order valence-electron chi connectivity index (χ3n) is 3.66. The minimum atomic E-state index is -0.351. The highest BCUT2D eigenvalue weighted by molar-refractivity contribution is 6.03. The smallest absolute Gasteiger partial charge is 0.256 e. The van der Waals surface area contributed by atoms with Gasteiger partial charge in [0.05, 0.1) is 5.41 Å². The van der Waals surface area contributed by atoms with Crippen molar-refractivity contribution in [3.63, 3.8) is 0 Å². The summed E-state index contributed by atoms with van der Waals surface area (Å²) in [6.07, 6.45) is 3.42. The number of carbonyl (C=O) groups is 1. The molecule has 0 aromatic heterocycles. The van der Waals surface area contributed by atoms with Crippen LogP contribution in [0, 0.1) is 0 Å². The number of carbonyl (C=O) groups excluding carboxylic acids is 1. The van der Waals surface area contributed by atoms with E-state index in [-0.39, 0.29) is 11.3 Å². The first-order valence-corrected chi connectivity index (χ1v) is 5.72. The van der Waals surface area contributed by atoms with Gasteiger partial charge in [-0.2, -0.15) is 0 Å². The number of hydrogen-bond donors (Lipinski definition) is 1. The molecule has 1 spiro atoms. The van der Waals surface area contributed by atoms with Gasteiger partial charge in [-0.3, -0.25) is 4.79 Å². The third-order valence-corrected chi connectivity index (χ3v) is 3.66. The van der Waals surface area contributed by atoms with Crippen molar-refractivity contribution >= 4 is 12.1 Å². The molecule has 2 heterocycles. The van der Waals surface area contributed by atoms with Crippen LogP contribution in [-0.2, 0) is 10.2 Å². The van der Waals surface area contributed by atoms with Gasteiger partial charge in [-0.15, -0.1) is 0 Å². The molecular weight excluding hydrogens is 200 g/mol. The SMILES string of the molecule is O=C1N=Cc2ccccc2C12CCNCC2. The van der Waals surface area contributed by atoms with Gasteiger partial charge >= 0.3 is 0 Å². The van der Waals surface area contributed by atoms with Crippen molar-refractivity contribution in [2.45, 2.75) is 18.3 Å². The lowest BCUT2D eigenvalue weighted by molar-refractivity contribution is -0.124. The molecular formula is C13H14N2O. The molecule has 0 aliphatic carbocycles. The molecule has 82 valence electrons. The average Bonchev–Trinajstić information content (AvgIpc) is 2.36. The number of aliphatic imine (C=N–C) groups is 1. The van der Waals surface area contributed by atoms with Crippen LogP contribution in [0.25, 0.3) is 0 Å². The largest absolute Gasteiger partial charge is 0.317 e. The summed E-state index contributed by atoms with van der Waals surface area (Å²) >= 11 is 0. The molecule has 3 heteroatoms. The molecule has 1 fully saturated rings. The molecule has 1 aromatic rings. The minimum absolute atomic E-state index is 0.0349. The van der Waals surface area contributed by atoms with Crippen LogP contribution in [0.3, 0.4) is 0 Å². The van der Waals surface area contributed by atoms with Crippen molar-refractivity contribution in [1.82, 2.24) is 5.32 Å². The first-order valence-electron chi connectivity index (χ1n) is 5.72. The lowest BCUT2D eigenvalue weighted by atomic mass is 9.70. The Morgan fingerprint density at radius 1 is 1.19 bits per heavy atom. The van der Waals surface area contributed by atoms with Crippen molar-refractivity contribution in [3.8, 4) is 0 Å². The fourth-order valence-corrected chi connectivity index (χ4v) is 2.75. The first-order chi connectivity index (χ1) is 7.83. The molecule has 1 aromatic carbocycles. The number of rotatable bonds is 0. The second-order valence-electron chi connectivity index (χ2n) is 4.48. The monoisotopic (exact) mass is 214 g/mol. The van der Waals surface area contributed by atoms with Crippen LogP contribution in [0.4, 0.5) is 0 Å². The summed E-state index contributed by atoms with van der Waals surface area (Å²) in [7, 11) is 0. The maximum absolute atomic E-state index is 12.1. The molecule has 0 bridgehead atoms. The average molecular weight is 214 g/mol. The zero-order chi connectivity index (χ0) is 11.0. The molecule has 1 N–H and O–H groups in total. The standard InChI is InChI=1S/C13H14N2O/c16-12-13(5-7-14-8-6-13)11-4-2-1-3-10(11)9-15-12/h1-4,9,14H,5-8H2. The van der Waals surface area contributed by atoms with Crippen LogP contribution < -0.4 is 5.32 Å².